The van der Waals surface area contributed by atoms with Crippen molar-refractivity contribution in [2.24, 2.45) is 0 Å². The van der Waals surface area contributed by atoms with E-state index in [1.165, 1.54) is 76.8 Å². The highest BCUT2D eigenvalue weighted by Gasteiger charge is 2.14. The third-order valence-corrected chi connectivity index (χ3v) is 11.9. The molecule has 60 heavy (non-hydrogen) atoms. The SMILES string of the molecule is c1cc(-c2ccc(-c3cc(-c4cccc(-c5cccc6ccccc56)c4)nc(-c4cccc(-c5cccc6ccccc56)c4)c3)cc2)cc(-c2cccc3ccccc23)c1. The summed E-state index contributed by atoms with van der Waals surface area (Å²) in [6, 6.07) is 85.5. The largest absolute Gasteiger partial charge is 0.248 e. The second-order valence-electron chi connectivity index (χ2n) is 15.5. The predicted octanol–water partition coefficient (Wildman–Crippen LogP) is 16.2. The lowest BCUT2D eigenvalue weighted by molar-refractivity contribution is 1.32. The Morgan fingerprint density at radius 3 is 0.950 bits per heavy atom. The third kappa shape index (κ3) is 6.63. The molecule has 0 fully saturated rings. The van der Waals surface area contributed by atoms with Gasteiger partial charge in [0.25, 0.3) is 0 Å². The molecule has 10 aromatic carbocycles. The van der Waals surface area contributed by atoms with Crippen molar-refractivity contribution in [1.82, 2.24) is 4.98 Å². The van der Waals surface area contributed by atoms with Crippen LogP contribution < -0.4 is 0 Å². The Morgan fingerprint density at radius 2 is 0.517 bits per heavy atom. The van der Waals surface area contributed by atoms with Crippen molar-refractivity contribution in [3.8, 4) is 78.1 Å². The number of nitrogens with zero attached hydrogens (tertiary/aromatic N) is 1. The second kappa shape index (κ2) is 15.1. The van der Waals surface area contributed by atoms with Crippen LogP contribution in [0.3, 0.4) is 0 Å². The van der Waals surface area contributed by atoms with Gasteiger partial charge in [0.05, 0.1) is 11.4 Å². The minimum atomic E-state index is 0.937. The van der Waals surface area contributed by atoms with Crippen LogP contribution in [0.5, 0.6) is 0 Å². The summed E-state index contributed by atoms with van der Waals surface area (Å²) in [5.74, 6) is 0. The Kier molecular flexibility index (Phi) is 8.91. The summed E-state index contributed by atoms with van der Waals surface area (Å²) < 4.78 is 0. The summed E-state index contributed by atoms with van der Waals surface area (Å²) in [6.45, 7) is 0. The first-order valence-electron chi connectivity index (χ1n) is 20.6. The maximum absolute atomic E-state index is 5.42. The first-order chi connectivity index (χ1) is 29.7. The molecule has 0 saturated heterocycles. The summed E-state index contributed by atoms with van der Waals surface area (Å²) in [5, 5.41) is 7.47. The molecule has 0 spiro atoms. The zero-order valence-corrected chi connectivity index (χ0v) is 33.0. The molecule has 0 radical (unpaired) electrons. The van der Waals surface area contributed by atoms with Gasteiger partial charge in [-0.1, -0.05) is 206 Å². The molecule has 0 aliphatic heterocycles. The molecule has 0 amide bonds. The molecule has 0 unspecified atom stereocenters. The van der Waals surface area contributed by atoms with E-state index in [9.17, 15) is 0 Å². The first kappa shape index (κ1) is 35.3. The Balaban J connectivity index is 1.01. The standard InChI is InChI=1S/C59H39N/c1-4-25-52-42(13-1)16-10-28-55(52)46-20-7-19-45(35-46)40-31-33-41(34-32-40)51-38-58(49-23-8-21-47(36-49)56-29-11-17-43-14-2-5-26-53(43)56)60-59(39-51)50-24-9-22-48(37-50)57-30-12-18-44-15-3-6-27-54(44)57/h1-39H. The molecule has 0 atom stereocenters. The fourth-order valence-electron chi connectivity index (χ4n) is 8.84. The first-order valence-corrected chi connectivity index (χ1v) is 20.6. The zero-order valence-electron chi connectivity index (χ0n) is 33.0. The Bertz CT molecular complexity index is 3220. The van der Waals surface area contributed by atoms with Crippen LogP contribution in [0.2, 0.25) is 0 Å². The fraction of sp³-hybridized carbons (Fsp3) is 0. The predicted molar refractivity (Wildman–Crippen MR) is 255 cm³/mol. The van der Waals surface area contributed by atoms with Gasteiger partial charge >= 0.3 is 0 Å². The van der Waals surface area contributed by atoms with Gasteiger partial charge in [0.2, 0.25) is 0 Å². The normalized spacial score (nSPS) is 11.3. The van der Waals surface area contributed by atoms with E-state index in [0.717, 1.165) is 33.6 Å². The lowest BCUT2D eigenvalue weighted by atomic mass is 9.93. The van der Waals surface area contributed by atoms with E-state index in [0.29, 0.717) is 0 Å². The van der Waals surface area contributed by atoms with E-state index in [1.807, 2.05) is 0 Å². The van der Waals surface area contributed by atoms with E-state index in [-0.39, 0.29) is 0 Å². The van der Waals surface area contributed by atoms with Gasteiger partial charge in [-0.25, -0.2) is 4.98 Å². The quantitative estimate of drug-likeness (QED) is 0.158. The van der Waals surface area contributed by atoms with E-state index < -0.39 is 0 Å². The number of pyridine rings is 1. The van der Waals surface area contributed by atoms with Gasteiger partial charge in [0.1, 0.15) is 0 Å². The molecule has 11 aromatic rings. The number of hydrogen-bond acceptors (Lipinski definition) is 1. The third-order valence-electron chi connectivity index (χ3n) is 11.9. The van der Waals surface area contributed by atoms with Crippen molar-refractivity contribution in [2.45, 2.75) is 0 Å². The Hall–Kier alpha value is -7.87. The highest BCUT2D eigenvalue weighted by atomic mass is 14.7. The van der Waals surface area contributed by atoms with E-state index in [2.05, 4.69) is 237 Å². The summed E-state index contributed by atoms with van der Waals surface area (Å²) in [6.07, 6.45) is 0. The van der Waals surface area contributed by atoms with Crippen LogP contribution in [0, 0.1) is 0 Å². The Morgan fingerprint density at radius 1 is 0.200 bits per heavy atom. The molecule has 0 bridgehead atoms. The number of benzene rings is 10. The van der Waals surface area contributed by atoms with Crippen molar-refractivity contribution >= 4 is 32.3 Å². The minimum absolute atomic E-state index is 0.937. The molecule has 0 N–H and O–H groups in total. The molecule has 1 nitrogen and oxygen atoms in total. The van der Waals surface area contributed by atoms with Crippen molar-refractivity contribution in [1.29, 1.82) is 0 Å². The number of hydrogen-bond donors (Lipinski definition) is 0. The second-order valence-corrected chi connectivity index (χ2v) is 15.5. The molecular formula is C59H39N. The van der Waals surface area contributed by atoms with Crippen molar-refractivity contribution in [3.63, 3.8) is 0 Å². The van der Waals surface area contributed by atoms with Crippen molar-refractivity contribution in [2.75, 3.05) is 0 Å². The summed E-state index contributed by atoms with van der Waals surface area (Å²) >= 11 is 0. The van der Waals surface area contributed by atoms with Gasteiger partial charge in [-0.2, -0.15) is 0 Å². The van der Waals surface area contributed by atoms with Crippen LogP contribution in [0.15, 0.2) is 237 Å². The van der Waals surface area contributed by atoms with E-state index >= 15 is 0 Å². The average molecular weight is 762 g/mol. The maximum Gasteiger partial charge on any atom is 0.0715 e. The van der Waals surface area contributed by atoms with Crippen molar-refractivity contribution in [3.05, 3.63) is 237 Å². The summed E-state index contributed by atoms with van der Waals surface area (Å²) in [7, 11) is 0. The van der Waals surface area contributed by atoms with Crippen molar-refractivity contribution < 1.29 is 0 Å². The van der Waals surface area contributed by atoms with Crippen LogP contribution in [0.25, 0.3) is 110 Å². The van der Waals surface area contributed by atoms with Crippen LogP contribution in [0.1, 0.15) is 0 Å². The highest BCUT2D eigenvalue weighted by Crippen LogP contribution is 2.38. The zero-order chi connectivity index (χ0) is 39.8. The van der Waals surface area contributed by atoms with Crippen LogP contribution >= 0.6 is 0 Å². The monoisotopic (exact) mass is 761 g/mol. The molecule has 0 saturated carbocycles. The molecule has 280 valence electrons. The molecule has 1 heteroatoms. The van der Waals surface area contributed by atoms with Gasteiger partial charge < -0.3 is 0 Å². The van der Waals surface area contributed by atoms with Gasteiger partial charge in [-0.05, 0) is 118 Å². The van der Waals surface area contributed by atoms with Gasteiger partial charge in [0.15, 0.2) is 0 Å². The van der Waals surface area contributed by atoms with Gasteiger partial charge in [-0.3, -0.25) is 0 Å². The smallest absolute Gasteiger partial charge is 0.0715 e. The molecule has 0 aliphatic carbocycles. The average Bonchev–Trinajstić information content (AvgIpc) is 3.33. The number of fused-ring (bicyclic) bond motifs is 3. The van der Waals surface area contributed by atoms with Crippen LogP contribution in [-0.2, 0) is 0 Å². The number of rotatable bonds is 7. The molecular weight excluding hydrogens is 723 g/mol. The van der Waals surface area contributed by atoms with Gasteiger partial charge in [0, 0.05) is 11.1 Å². The topological polar surface area (TPSA) is 12.9 Å². The lowest BCUT2D eigenvalue weighted by Crippen LogP contribution is -1.93. The highest BCUT2D eigenvalue weighted by molar-refractivity contribution is 5.99. The molecule has 1 heterocycles. The van der Waals surface area contributed by atoms with Crippen LogP contribution in [-0.4, -0.2) is 4.98 Å². The molecule has 0 aliphatic rings. The number of aromatic nitrogens is 1. The molecule has 11 rings (SSSR count). The maximum atomic E-state index is 5.42. The Labute approximate surface area is 350 Å². The molecule has 1 aromatic heterocycles. The van der Waals surface area contributed by atoms with Gasteiger partial charge in [-0.15, -0.1) is 0 Å². The van der Waals surface area contributed by atoms with Crippen LogP contribution in [0.4, 0.5) is 0 Å². The lowest BCUT2D eigenvalue weighted by Gasteiger charge is -2.14. The summed E-state index contributed by atoms with van der Waals surface area (Å²) in [4.78, 5) is 5.42. The fourth-order valence-corrected chi connectivity index (χ4v) is 8.84. The van der Waals surface area contributed by atoms with E-state index in [4.69, 9.17) is 4.98 Å². The summed E-state index contributed by atoms with van der Waals surface area (Å²) in [5.41, 5.74) is 15.9. The minimum Gasteiger partial charge on any atom is -0.248 e. The van der Waals surface area contributed by atoms with E-state index in [1.54, 1.807) is 0 Å².